The molecule has 1 fully saturated rings. The fraction of sp³-hybridized carbons (Fsp3) is 0.308. The molecule has 192 valence electrons. The number of nitrogens with one attached hydrogen (secondary N) is 1. The lowest BCUT2D eigenvalue weighted by molar-refractivity contribution is 0.208. The third-order valence-electron chi connectivity index (χ3n) is 5.98. The van der Waals surface area contributed by atoms with Gasteiger partial charge >= 0.3 is 0 Å². The Morgan fingerprint density at radius 2 is 1.69 bits per heavy atom. The highest BCUT2D eigenvalue weighted by molar-refractivity contribution is 7.92. The number of hydrogen-bond acceptors (Lipinski definition) is 7. The normalized spacial score (nSPS) is 16.0. The molecule has 36 heavy (non-hydrogen) atoms. The summed E-state index contributed by atoms with van der Waals surface area (Å²) >= 11 is 6.35. The van der Waals surface area contributed by atoms with Crippen LogP contribution in [0, 0.1) is 0 Å². The fourth-order valence-corrected chi connectivity index (χ4v) is 5.57. The highest BCUT2D eigenvalue weighted by Gasteiger charge is 2.25. The molecule has 0 bridgehead atoms. The van der Waals surface area contributed by atoms with Gasteiger partial charge in [0, 0.05) is 30.8 Å². The van der Waals surface area contributed by atoms with Gasteiger partial charge in [0.1, 0.15) is 17.6 Å². The largest absolute Gasteiger partial charge is 0.497 e. The number of rotatable bonds is 9. The third-order valence-corrected chi connectivity index (χ3v) is 7.71. The van der Waals surface area contributed by atoms with Gasteiger partial charge in [0.25, 0.3) is 10.0 Å². The summed E-state index contributed by atoms with van der Waals surface area (Å²) in [5.41, 5.74) is 1.40. The summed E-state index contributed by atoms with van der Waals surface area (Å²) in [6.45, 7) is 1.71. The lowest BCUT2D eigenvalue weighted by Gasteiger charge is -2.18. The maximum absolute atomic E-state index is 13.7. The molecule has 1 atom stereocenters. The Kier molecular flexibility index (Phi) is 7.82. The van der Waals surface area contributed by atoms with Crippen molar-refractivity contribution in [1.29, 1.82) is 0 Å². The third kappa shape index (κ3) is 5.64. The Labute approximate surface area is 216 Å². The molecule has 10 heteroatoms. The van der Waals surface area contributed by atoms with E-state index in [0.717, 1.165) is 19.5 Å². The first-order valence-electron chi connectivity index (χ1n) is 11.3. The second-order valence-corrected chi connectivity index (χ2v) is 10.5. The van der Waals surface area contributed by atoms with Crippen molar-refractivity contribution in [3.8, 4) is 34.1 Å². The summed E-state index contributed by atoms with van der Waals surface area (Å²) in [5.74, 6) is 1.71. The van der Waals surface area contributed by atoms with Gasteiger partial charge in [-0.25, -0.2) is 8.42 Å². The van der Waals surface area contributed by atoms with E-state index in [9.17, 15) is 8.42 Å². The zero-order valence-electron chi connectivity index (χ0n) is 20.6. The molecule has 1 N–H and O–H groups in total. The summed E-state index contributed by atoms with van der Waals surface area (Å²) in [5, 5.41) is 0.413. The summed E-state index contributed by atoms with van der Waals surface area (Å²) in [4.78, 5) is 2.19. The van der Waals surface area contributed by atoms with E-state index in [2.05, 4.69) is 9.62 Å². The molecule has 3 aromatic rings. The van der Waals surface area contributed by atoms with Crippen molar-refractivity contribution >= 4 is 27.3 Å². The Bertz CT molecular complexity index is 1350. The van der Waals surface area contributed by atoms with Crippen molar-refractivity contribution in [3.63, 3.8) is 0 Å². The molecule has 1 saturated heterocycles. The number of methoxy groups -OCH3 is 3. The molecule has 0 saturated carbocycles. The van der Waals surface area contributed by atoms with Crippen LogP contribution < -0.4 is 23.7 Å². The number of likely N-dealkylation sites (N-methyl/N-ethyl adjacent to an activating group) is 1. The second-order valence-electron chi connectivity index (χ2n) is 8.48. The van der Waals surface area contributed by atoms with Crippen molar-refractivity contribution in [2.75, 3.05) is 46.2 Å². The minimum atomic E-state index is -4.07. The SMILES string of the molecule is COc1cccc(-c2cc(OC)c(OC)cc2S(=O)(=O)Nc2ccc(Cl)c(OC3CCN(C)C3)c2)c1. The topological polar surface area (TPSA) is 86.3 Å². The van der Waals surface area contributed by atoms with E-state index in [1.807, 2.05) is 7.05 Å². The van der Waals surface area contributed by atoms with Gasteiger partial charge in [-0.3, -0.25) is 4.72 Å². The lowest BCUT2D eigenvalue weighted by Crippen LogP contribution is -2.21. The smallest absolute Gasteiger partial charge is 0.262 e. The van der Waals surface area contributed by atoms with E-state index >= 15 is 0 Å². The van der Waals surface area contributed by atoms with Crippen LogP contribution in [0.4, 0.5) is 5.69 Å². The quantitative estimate of drug-likeness (QED) is 0.418. The molecule has 1 unspecified atom stereocenters. The molecular formula is C26H29ClN2O6S. The molecule has 1 heterocycles. The van der Waals surface area contributed by atoms with Crippen LogP contribution in [0.5, 0.6) is 23.0 Å². The van der Waals surface area contributed by atoms with Crippen molar-refractivity contribution in [2.24, 2.45) is 0 Å². The molecule has 3 aromatic carbocycles. The van der Waals surface area contributed by atoms with E-state index < -0.39 is 10.0 Å². The van der Waals surface area contributed by atoms with Crippen molar-refractivity contribution < 1.29 is 27.4 Å². The first kappa shape index (κ1) is 25.9. The second kappa shape index (κ2) is 10.9. The number of anilines is 1. The van der Waals surface area contributed by atoms with Crippen molar-refractivity contribution in [1.82, 2.24) is 4.90 Å². The maximum atomic E-state index is 13.7. The zero-order chi connectivity index (χ0) is 25.9. The van der Waals surface area contributed by atoms with Gasteiger partial charge in [-0.05, 0) is 49.4 Å². The first-order chi connectivity index (χ1) is 17.2. The number of sulfonamides is 1. The van der Waals surface area contributed by atoms with Crippen LogP contribution >= 0.6 is 11.6 Å². The standard InChI is InChI=1S/C26H29ClN2O6S/c1-29-11-10-20(16-29)35-23-13-18(8-9-22(23)27)28-36(30,31)26-15-25(34-4)24(33-3)14-21(26)17-6-5-7-19(12-17)32-2/h5-9,12-15,20,28H,10-11,16H2,1-4H3. The van der Waals surface area contributed by atoms with E-state index in [4.69, 9.17) is 30.5 Å². The van der Waals surface area contributed by atoms with Crippen LogP contribution in [-0.2, 0) is 10.0 Å². The number of likely N-dealkylation sites (tertiary alicyclic amines) is 1. The van der Waals surface area contributed by atoms with Crippen molar-refractivity contribution in [2.45, 2.75) is 17.4 Å². The molecule has 0 aliphatic carbocycles. The average molecular weight is 533 g/mol. The summed E-state index contributed by atoms with van der Waals surface area (Å²) in [6.07, 6.45) is 0.864. The van der Waals surface area contributed by atoms with Crippen LogP contribution in [-0.4, -0.2) is 60.9 Å². The lowest BCUT2D eigenvalue weighted by atomic mass is 10.0. The van der Waals surface area contributed by atoms with Gasteiger partial charge in [-0.15, -0.1) is 0 Å². The number of ether oxygens (including phenoxy) is 4. The average Bonchev–Trinajstić information content (AvgIpc) is 3.29. The summed E-state index contributed by atoms with van der Waals surface area (Å²) in [6, 6.07) is 15.0. The minimum Gasteiger partial charge on any atom is -0.497 e. The zero-order valence-corrected chi connectivity index (χ0v) is 22.2. The van der Waals surface area contributed by atoms with Gasteiger partial charge in [-0.1, -0.05) is 23.7 Å². The molecule has 8 nitrogen and oxygen atoms in total. The predicted octanol–water partition coefficient (Wildman–Crippen LogP) is 4.92. The Morgan fingerprint density at radius 1 is 0.944 bits per heavy atom. The molecule has 0 amide bonds. The molecular weight excluding hydrogens is 504 g/mol. The van der Waals surface area contributed by atoms with E-state index in [1.54, 1.807) is 55.6 Å². The molecule has 0 aromatic heterocycles. The van der Waals surface area contributed by atoms with E-state index in [-0.39, 0.29) is 16.7 Å². The van der Waals surface area contributed by atoms with Gasteiger partial charge < -0.3 is 23.8 Å². The van der Waals surface area contributed by atoms with Crippen LogP contribution in [0.2, 0.25) is 5.02 Å². The van der Waals surface area contributed by atoms with Crippen LogP contribution in [0.25, 0.3) is 11.1 Å². The summed E-state index contributed by atoms with van der Waals surface area (Å²) < 4.78 is 52.2. The van der Waals surface area contributed by atoms with Crippen LogP contribution in [0.15, 0.2) is 59.5 Å². The number of nitrogens with zero attached hydrogens (tertiary/aromatic N) is 1. The number of halogens is 1. The molecule has 4 rings (SSSR count). The van der Waals surface area contributed by atoms with Gasteiger partial charge in [0.15, 0.2) is 11.5 Å². The summed E-state index contributed by atoms with van der Waals surface area (Å²) in [7, 11) is 2.46. The molecule has 1 aliphatic rings. The monoisotopic (exact) mass is 532 g/mol. The van der Waals surface area contributed by atoms with Gasteiger partial charge in [-0.2, -0.15) is 0 Å². The maximum Gasteiger partial charge on any atom is 0.262 e. The molecule has 0 radical (unpaired) electrons. The van der Waals surface area contributed by atoms with Gasteiger partial charge in [0.05, 0.1) is 36.9 Å². The van der Waals surface area contributed by atoms with E-state index in [0.29, 0.717) is 39.1 Å². The van der Waals surface area contributed by atoms with Crippen LogP contribution in [0.3, 0.4) is 0 Å². The fourth-order valence-electron chi connectivity index (χ4n) is 4.14. The predicted molar refractivity (Wildman–Crippen MR) is 140 cm³/mol. The van der Waals surface area contributed by atoms with E-state index in [1.165, 1.54) is 20.3 Å². The molecule has 0 spiro atoms. The Hall–Kier alpha value is -3.14. The highest BCUT2D eigenvalue weighted by Crippen LogP contribution is 2.40. The Morgan fingerprint density at radius 3 is 2.36 bits per heavy atom. The highest BCUT2D eigenvalue weighted by atomic mass is 35.5. The molecule has 1 aliphatic heterocycles. The van der Waals surface area contributed by atoms with Crippen molar-refractivity contribution in [3.05, 3.63) is 59.6 Å². The Balaban J connectivity index is 1.73. The van der Waals surface area contributed by atoms with Crippen LogP contribution in [0.1, 0.15) is 6.42 Å². The first-order valence-corrected chi connectivity index (χ1v) is 13.2. The number of benzene rings is 3. The minimum absolute atomic E-state index is 0.00938. The number of hydrogen-bond donors (Lipinski definition) is 1. The van der Waals surface area contributed by atoms with Gasteiger partial charge in [0.2, 0.25) is 0 Å².